The van der Waals surface area contributed by atoms with Crippen LogP contribution < -0.4 is 10.2 Å². The molecule has 0 spiro atoms. The molecule has 1 amide bonds. The van der Waals surface area contributed by atoms with E-state index in [0.29, 0.717) is 17.9 Å². The van der Waals surface area contributed by atoms with Crippen molar-refractivity contribution in [2.45, 2.75) is 13.5 Å². The summed E-state index contributed by atoms with van der Waals surface area (Å²) in [7, 11) is 3.78. The number of hydrogen-bond donors (Lipinski definition) is 2. The lowest BCUT2D eigenvalue weighted by molar-refractivity contribution is 0.0950. The van der Waals surface area contributed by atoms with Gasteiger partial charge in [0.1, 0.15) is 11.6 Å². The maximum absolute atomic E-state index is 12.9. The van der Waals surface area contributed by atoms with Crippen molar-refractivity contribution in [3.05, 3.63) is 77.6 Å². The van der Waals surface area contributed by atoms with E-state index >= 15 is 0 Å². The van der Waals surface area contributed by atoms with E-state index in [-0.39, 0.29) is 5.91 Å². The molecule has 0 unspecified atom stereocenters. The number of pyridine rings is 1. The maximum atomic E-state index is 12.9. The van der Waals surface area contributed by atoms with Crippen LogP contribution in [0, 0.1) is 6.92 Å². The van der Waals surface area contributed by atoms with Gasteiger partial charge in [-0.25, -0.2) is 9.97 Å². The molecule has 2 aromatic carbocycles. The van der Waals surface area contributed by atoms with Gasteiger partial charge in [-0.3, -0.25) is 4.79 Å². The van der Waals surface area contributed by atoms with Gasteiger partial charge in [0.2, 0.25) is 0 Å². The SMILES string of the molecule is Cc1ccccc1-c1ccc(C(=O)NCc2nc3ccccc3[nH]2)c(N(C)C)n1. The molecule has 0 fully saturated rings. The summed E-state index contributed by atoms with van der Waals surface area (Å²) in [6.07, 6.45) is 0. The predicted molar refractivity (Wildman–Crippen MR) is 116 cm³/mol. The van der Waals surface area contributed by atoms with Crippen LogP contribution in [0.4, 0.5) is 5.82 Å². The van der Waals surface area contributed by atoms with Gasteiger partial charge in [-0.2, -0.15) is 0 Å². The Morgan fingerprint density at radius 1 is 1.00 bits per heavy atom. The zero-order valence-electron chi connectivity index (χ0n) is 16.7. The molecule has 2 N–H and O–H groups in total. The van der Waals surface area contributed by atoms with Gasteiger partial charge in [-0.15, -0.1) is 0 Å². The average molecular weight is 385 g/mol. The van der Waals surface area contributed by atoms with E-state index in [1.165, 1.54) is 0 Å². The number of aromatic amines is 1. The first kappa shape index (κ1) is 18.7. The molecule has 4 rings (SSSR count). The fourth-order valence-electron chi connectivity index (χ4n) is 3.33. The van der Waals surface area contributed by atoms with Gasteiger partial charge in [0.25, 0.3) is 5.91 Å². The second kappa shape index (κ2) is 7.75. The Hall–Kier alpha value is -3.67. The number of fused-ring (bicyclic) bond motifs is 1. The average Bonchev–Trinajstić information content (AvgIpc) is 3.15. The third-order valence-electron chi connectivity index (χ3n) is 4.82. The van der Waals surface area contributed by atoms with Crippen LogP contribution in [0.15, 0.2) is 60.7 Å². The summed E-state index contributed by atoms with van der Waals surface area (Å²) in [6, 6.07) is 19.6. The number of rotatable bonds is 5. The van der Waals surface area contributed by atoms with E-state index in [2.05, 4.69) is 28.3 Å². The summed E-state index contributed by atoms with van der Waals surface area (Å²) in [4.78, 5) is 27.2. The zero-order chi connectivity index (χ0) is 20.4. The molecular formula is C23H23N5O. The highest BCUT2D eigenvalue weighted by atomic mass is 16.1. The summed E-state index contributed by atoms with van der Waals surface area (Å²) < 4.78 is 0. The highest BCUT2D eigenvalue weighted by Crippen LogP contribution is 2.26. The lowest BCUT2D eigenvalue weighted by Crippen LogP contribution is -2.26. The lowest BCUT2D eigenvalue weighted by Gasteiger charge is -2.17. The number of hydrogen-bond acceptors (Lipinski definition) is 4. The Bertz CT molecular complexity index is 1150. The van der Waals surface area contributed by atoms with Crippen LogP contribution in [0.25, 0.3) is 22.3 Å². The molecule has 0 aliphatic rings. The molecule has 4 aromatic rings. The van der Waals surface area contributed by atoms with Crippen LogP contribution in [0.3, 0.4) is 0 Å². The van der Waals surface area contributed by atoms with Crippen LogP contribution in [0.5, 0.6) is 0 Å². The van der Waals surface area contributed by atoms with Gasteiger partial charge in [0.15, 0.2) is 0 Å². The van der Waals surface area contributed by atoms with Crippen molar-refractivity contribution in [2.24, 2.45) is 0 Å². The van der Waals surface area contributed by atoms with Crippen molar-refractivity contribution in [3.63, 3.8) is 0 Å². The molecule has 2 aromatic heterocycles. The monoisotopic (exact) mass is 385 g/mol. The number of para-hydroxylation sites is 2. The van der Waals surface area contributed by atoms with E-state index in [4.69, 9.17) is 4.98 Å². The molecule has 146 valence electrons. The first-order chi connectivity index (χ1) is 14.0. The molecule has 0 bridgehead atoms. The maximum Gasteiger partial charge on any atom is 0.255 e. The van der Waals surface area contributed by atoms with E-state index in [1.807, 2.05) is 73.6 Å². The Labute approximate surface area is 169 Å². The summed E-state index contributed by atoms with van der Waals surface area (Å²) in [5.74, 6) is 1.17. The van der Waals surface area contributed by atoms with Crippen molar-refractivity contribution in [1.82, 2.24) is 20.3 Å². The molecule has 0 saturated carbocycles. The van der Waals surface area contributed by atoms with Crippen molar-refractivity contribution in [2.75, 3.05) is 19.0 Å². The molecule has 0 atom stereocenters. The molecule has 6 nitrogen and oxygen atoms in total. The molecule has 29 heavy (non-hydrogen) atoms. The topological polar surface area (TPSA) is 73.9 Å². The number of benzene rings is 2. The number of nitrogens with one attached hydrogen (secondary N) is 2. The van der Waals surface area contributed by atoms with E-state index in [9.17, 15) is 4.79 Å². The fraction of sp³-hybridized carbons (Fsp3) is 0.174. The largest absolute Gasteiger partial charge is 0.362 e. The van der Waals surface area contributed by atoms with Crippen LogP contribution >= 0.6 is 0 Å². The third-order valence-corrected chi connectivity index (χ3v) is 4.82. The number of aromatic nitrogens is 3. The van der Waals surface area contributed by atoms with Crippen molar-refractivity contribution in [3.8, 4) is 11.3 Å². The molecular weight excluding hydrogens is 362 g/mol. The molecule has 6 heteroatoms. The Morgan fingerprint density at radius 3 is 2.52 bits per heavy atom. The third kappa shape index (κ3) is 3.82. The van der Waals surface area contributed by atoms with Crippen LogP contribution in [-0.4, -0.2) is 35.0 Å². The van der Waals surface area contributed by atoms with Gasteiger partial charge in [-0.1, -0.05) is 36.4 Å². The number of anilines is 1. The van der Waals surface area contributed by atoms with Gasteiger partial charge in [-0.05, 0) is 36.8 Å². The quantitative estimate of drug-likeness (QED) is 0.546. The summed E-state index contributed by atoms with van der Waals surface area (Å²) in [6.45, 7) is 2.38. The Morgan fingerprint density at radius 2 is 1.76 bits per heavy atom. The summed E-state index contributed by atoms with van der Waals surface area (Å²) in [5, 5.41) is 2.94. The van der Waals surface area contributed by atoms with Gasteiger partial charge in [0, 0.05) is 19.7 Å². The molecule has 0 aliphatic heterocycles. The predicted octanol–water partition coefficient (Wildman–Crippen LogP) is 3.93. The van der Waals surface area contributed by atoms with Gasteiger partial charge >= 0.3 is 0 Å². The summed E-state index contributed by atoms with van der Waals surface area (Å²) >= 11 is 0. The minimum absolute atomic E-state index is 0.182. The van der Waals surface area contributed by atoms with Crippen LogP contribution in [0.1, 0.15) is 21.7 Å². The second-order valence-electron chi connectivity index (χ2n) is 7.16. The van der Waals surface area contributed by atoms with Crippen molar-refractivity contribution >= 4 is 22.8 Å². The number of carbonyl (C=O) groups is 1. The molecule has 0 saturated heterocycles. The smallest absolute Gasteiger partial charge is 0.255 e. The minimum Gasteiger partial charge on any atom is -0.362 e. The Balaban J connectivity index is 1.58. The molecule has 0 aliphatic carbocycles. The first-order valence-corrected chi connectivity index (χ1v) is 9.49. The van der Waals surface area contributed by atoms with Gasteiger partial charge in [0.05, 0.1) is 28.8 Å². The number of amides is 1. The number of nitrogens with zero attached hydrogens (tertiary/aromatic N) is 3. The Kier molecular flexibility index (Phi) is 4.99. The highest BCUT2D eigenvalue weighted by molar-refractivity contribution is 5.99. The van der Waals surface area contributed by atoms with E-state index in [1.54, 1.807) is 0 Å². The van der Waals surface area contributed by atoms with E-state index in [0.717, 1.165) is 33.7 Å². The number of H-pyrrole nitrogens is 1. The molecule has 2 heterocycles. The standard InChI is InChI=1S/C23H23N5O/c1-15-8-4-5-9-16(15)18-13-12-17(22(27-18)28(2)3)23(29)24-14-21-25-19-10-6-7-11-20(19)26-21/h4-13H,14H2,1-3H3,(H,24,29)(H,25,26). The van der Waals surface area contributed by atoms with Crippen molar-refractivity contribution in [1.29, 1.82) is 0 Å². The minimum atomic E-state index is -0.182. The van der Waals surface area contributed by atoms with Crippen molar-refractivity contribution < 1.29 is 4.79 Å². The normalized spacial score (nSPS) is 10.9. The number of aryl methyl sites for hydroxylation is 1. The highest BCUT2D eigenvalue weighted by Gasteiger charge is 2.17. The molecule has 0 radical (unpaired) electrons. The van der Waals surface area contributed by atoms with Gasteiger partial charge < -0.3 is 15.2 Å². The number of carbonyl (C=O) groups excluding carboxylic acids is 1. The first-order valence-electron chi connectivity index (χ1n) is 9.49. The van der Waals surface area contributed by atoms with Crippen LogP contribution in [-0.2, 0) is 6.54 Å². The fourth-order valence-corrected chi connectivity index (χ4v) is 3.33. The number of imidazole rings is 1. The second-order valence-corrected chi connectivity index (χ2v) is 7.16. The van der Waals surface area contributed by atoms with Crippen LogP contribution in [0.2, 0.25) is 0 Å². The zero-order valence-corrected chi connectivity index (χ0v) is 16.7. The lowest BCUT2D eigenvalue weighted by atomic mass is 10.0. The van der Waals surface area contributed by atoms with E-state index < -0.39 is 0 Å². The summed E-state index contributed by atoms with van der Waals surface area (Å²) in [5.41, 5.74) is 5.42.